The molecule has 3 N–H and O–H groups in total. The van der Waals surface area contributed by atoms with E-state index in [2.05, 4.69) is 5.32 Å². The molecule has 0 atom stereocenters. The molecule has 1 amide bonds. The highest BCUT2D eigenvalue weighted by molar-refractivity contribution is 7.14. The van der Waals surface area contributed by atoms with Gasteiger partial charge < -0.3 is 15.8 Å². The SMILES string of the molecule is CCOC(=O)c1ccsc1NC(=O)c1ccc(N)c(C)c1. The van der Waals surface area contributed by atoms with Gasteiger partial charge in [-0.1, -0.05) is 0 Å². The van der Waals surface area contributed by atoms with Crippen molar-refractivity contribution in [3.63, 3.8) is 0 Å². The fourth-order valence-electron chi connectivity index (χ4n) is 1.77. The molecular formula is C15H16N2O3S. The van der Waals surface area contributed by atoms with E-state index in [4.69, 9.17) is 10.5 Å². The lowest BCUT2D eigenvalue weighted by Gasteiger charge is -2.07. The van der Waals surface area contributed by atoms with Gasteiger partial charge in [0.05, 0.1) is 12.2 Å². The number of hydrogen-bond acceptors (Lipinski definition) is 5. The van der Waals surface area contributed by atoms with E-state index in [0.29, 0.717) is 28.4 Å². The lowest BCUT2D eigenvalue weighted by molar-refractivity contribution is 0.0528. The molecule has 0 fully saturated rings. The number of amides is 1. The number of aryl methyl sites for hydroxylation is 1. The van der Waals surface area contributed by atoms with E-state index in [0.717, 1.165) is 5.56 Å². The molecule has 110 valence electrons. The zero-order valence-electron chi connectivity index (χ0n) is 11.8. The van der Waals surface area contributed by atoms with Gasteiger partial charge in [-0.2, -0.15) is 0 Å². The van der Waals surface area contributed by atoms with Crippen LogP contribution in [0.25, 0.3) is 0 Å². The number of nitrogen functional groups attached to an aromatic ring is 1. The zero-order valence-corrected chi connectivity index (χ0v) is 12.6. The van der Waals surface area contributed by atoms with Crippen LogP contribution in [0.4, 0.5) is 10.7 Å². The first-order valence-electron chi connectivity index (χ1n) is 6.45. The van der Waals surface area contributed by atoms with Crippen molar-refractivity contribution in [2.75, 3.05) is 17.7 Å². The molecule has 0 saturated heterocycles. The van der Waals surface area contributed by atoms with Crippen LogP contribution >= 0.6 is 11.3 Å². The van der Waals surface area contributed by atoms with Crippen molar-refractivity contribution in [1.29, 1.82) is 0 Å². The van der Waals surface area contributed by atoms with Crippen LogP contribution in [-0.4, -0.2) is 18.5 Å². The quantitative estimate of drug-likeness (QED) is 0.672. The molecule has 6 heteroatoms. The minimum atomic E-state index is -0.442. The topological polar surface area (TPSA) is 81.4 Å². The number of esters is 1. The Hall–Kier alpha value is -2.34. The summed E-state index contributed by atoms with van der Waals surface area (Å²) in [5.41, 5.74) is 8.05. The van der Waals surface area contributed by atoms with Crippen molar-refractivity contribution in [2.24, 2.45) is 0 Å². The Kier molecular flexibility index (Phi) is 4.59. The van der Waals surface area contributed by atoms with Crippen LogP contribution in [0, 0.1) is 6.92 Å². The summed E-state index contributed by atoms with van der Waals surface area (Å²) >= 11 is 1.28. The van der Waals surface area contributed by atoms with Crippen LogP contribution in [0.15, 0.2) is 29.6 Å². The number of thiophene rings is 1. The number of ether oxygens (including phenoxy) is 1. The van der Waals surface area contributed by atoms with Crippen LogP contribution in [0.3, 0.4) is 0 Å². The average Bonchev–Trinajstić information content (AvgIpc) is 2.90. The van der Waals surface area contributed by atoms with Crippen molar-refractivity contribution >= 4 is 33.9 Å². The summed E-state index contributed by atoms with van der Waals surface area (Å²) in [7, 11) is 0. The minimum absolute atomic E-state index is 0.286. The number of benzene rings is 1. The Morgan fingerprint density at radius 3 is 2.76 bits per heavy atom. The maximum absolute atomic E-state index is 12.2. The molecule has 0 unspecified atom stereocenters. The van der Waals surface area contributed by atoms with Gasteiger partial charge in [0.15, 0.2) is 0 Å². The number of hydrogen-bond donors (Lipinski definition) is 2. The van der Waals surface area contributed by atoms with Gasteiger partial charge in [-0.05, 0) is 49.1 Å². The van der Waals surface area contributed by atoms with Gasteiger partial charge >= 0.3 is 5.97 Å². The predicted molar refractivity (Wildman–Crippen MR) is 83.8 cm³/mol. The standard InChI is InChI=1S/C15H16N2O3S/c1-3-20-15(19)11-6-7-21-14(11)17-13(18)10-4-5-12(16)9(2)8-10/h4-8H,3,16H2,1-2H3,(H,17,18). The first-order chi connectivity index (χ1) is 10.0. The molecule has 1 aromatic heterocycles. The molecule has 1 aromatic carbocycles. The van der Waals surface area contributed by atoms with E-state index < -0.39 is 5.97 Å². The molecule has 1 heterocycles. The third-order valence-corrected chi connectivity index (χ3v) is 3.75. The van der Waals surface area contributed by atoms with E-state index in [9.17, 15) is 9.59 Å². The maximum Gasteiger partial charge on any atom is 0.341 e. The molecule has 2 rings (SSSR count). The zero-order chi connectivity index (χ0) is 15.4. The Labute approximate surface area is 126 Å². The van der Waals surface area contributed by atoms with Gasteiger partial charge in [0.25, 0.3) is 5.91 Å². The fraction of sp³-hybridized carbons (Fsp3) is 0.200. The summed E-state index contributed by atoms with van der Waals surface area (Å²) < 4.78 is 4.95. The summed E-state index contributed by atoms with van der Waals surface area (Å²) in [4.78, 5) is 24.0. The molecule has 2 aromatic rings. The lowest BCUT2D eigenvalue weighted by atomic mass is 10.1. The minimum Gasteiger partial charge on any atom is -0.462 e. The van der Waals surface area contributed by atoms with E-state index >= 15 is 0 Å². The number of nitrogens with one attached hydrogen (secondary N) is 1. The largest absolute Gasteiger partial charge is 0.462 e. The van der Waals surface area contributed by atoms with Gasteiger partial charge in [-0.3, -0.25) is 4.79 Å². The van der Waals surface area contributed by atoms with Gasteiger partial charge in [0, 0.05) is 11.3 Å². The molecule has 0 radical (unpaired) electrons. The third kappa shape index (κ3) is 3.41. The van der Waals surface area contributed by atoms with E-state index in [-0.39, 0.29) is 5.91 Å². The highest BCUT2D eigenvalue weighted by atomic mass is 32.1. The molecule has 0 bridgehead atoms. The summed E-state index contributed by atoms with van der Waals surface area (Å²) in [6.07, 6.45) is 0. The Bertz CT molecular complexity index is 679. The van der Waals surface area contributed by atoms with E-state index in [1.807, 2.05) is 6.92 Å². The van der Waals surface area contributed by atoms with Crippen LogP contribution in [0.5, 0.6) is 0 Å². The Morgan fingerprint density at radius 2 is 2.10 bits per heavy atom. The van der Waals surface area contributed by atoms with Crippen LogP contribution in [0.2, 0.25) is 0 Å². The summed E-state index contributed by atoms with van der Waals surface area (Å²) in [6.45, 7) is 3.86. The second-order valence-corrected chi connectivity index (χ2v) is 5.33. The Morgan fingerprint density at radius 1 is 1.33 bits per heavy atom. The van der Waals surface area contributed by atoms with Crippen LogP contribution in [0.1, 0.15) is 33.2 Å². The smallest absolute Gasteiger partial charge is 0.341 e. The van der Waals surface area contributed by atoms with Gasteiger partial charge in [0.2, 0.25) is 0 Å². The average molecular weight is 304 g/mol. The summed E-state index contributed by atoms with van der Waals surface area (Å²) in [5.74, 6) is -0.728. The molecule has 21 heavy (non-hydrogen) atoms. The van der Waals surface area contributed by atoms with Crippen molar-refractivity contribution in [1.82, 2.24) is 0 Å². The second-order valence-electron chi connectivity index (χ2n) is 4.41. The number of anilines is 2. The monoisotopic (exact) mass is 304 g/mol. The highest BCUT2D eigenvalue weighted by Crippen LogP contribution is 2.25. The number of carbonyl (C=O) groups excluding carboxylic acids is 2. The molecular weight excluding hydrogens is 288 g/mol. The molecule has 0 aliphatic carbocycles. The van der Waals surface area contributed by atoms with Crippen molar-refractivity contribution < 1.29 is 14.3 Å². The van der Waals surface area contributed by atoms with Crippen LogP contribution < -0.4 is 11.1 Å². The Balaban J connectivity index is 2.18. The third-order valence-electron chi connectivity index (χ3n) is 2.92. The molecule has 0 aliphatic heterocycles. The molecule has 5 nitrogen and oxygen atoms in total. The van der Waals surface area contributed by atoms with Gasteiger partial charge in [-0.25, -0.2) is 4.79 Å². The molecule has 0 saturated carbocycles. The predicted octanol–water partition coefficient (Wildman–Crippen LogP) is 3.07. The fourth-order valence-corrected chi connectivity index (χ4v) is 2.54. The molecule has 0 spiro atoms. The first kappa shape index (κ1) is 15.1. The van der Waals surface area contributed by atoms with Crippen LogP contribution in [-0.2, 0) is 4.74 Å². The number of rotatable bonds is 4. The normalized spacial score (nSPS) is 10.2. The number of nitrogens with two attached hydrogens (primary N) is 1. The first-order valence-corrected chi connectivity index (χ1v) is 7.33. The van der Waals surface area contributed by atoms with E-state index in [1.165, 1.54) is 11.3 Å². The lowest BCUT2D eigenvalue weighted by Crippen LogP contribution is -2.14. The van der Waals surface area contributed by atoms with Crippen molar-refractivity contribution in [3.05, 3.63) is 46.3 Å². The summed E-state index contributed by atoms with van der Waals surface area (Å²) in [6, 6.07) is 6.68. The molecule has 0 aliphatic rings. The number of carbonyl (C=O) groups is 2. The van der Waals surface area contributed by atoms with Crippen molar-refractivity contribution in [2.45, 2.75) is 13.8 Å². The second kappa shape index (κ2) is 6.41. The van der Waals surface area contributed by atoms with Crippen molar-refractivity contribution in [3.8, 4) is 0 Å². The van der Waals surface area contributed by atoms with Gasteiger partial charge in [0.1, 0.15) is 5.00 Å². The maximum atomic E-state index is 12.2. The highest BCUT2D eigenvalue weighted by Gasteiger charge is 2.16. The van der Waals surface area contributed by atoms with E-state index in [1.54, 1.807) is 36.6 Å². The van der Waals surface area contributed by atoms with Gasteiger partial charge in [-0.15, -0.1) is 11.3 Å². The summed E-state index contributed by atoms with van der Waals surface area (Å²) in [5, 5.41) is 4.94.